The van der Waals surface area contributed by atoms with Crippen molar-refractivity contribution in [1.82, 2.24) is 4.31 Å². The van der Waals surface area contributed by atoms with Gasteiger partial charge in [-0.15, -0.1) is 0 Å². The summed E-state index contributed by atoms with van der Waals surface area (Å²) in [6, 6.07) is 5.73. The molecule has 1 saturated heterocycles. The Kier molecular flexibility index (Phi) is 5.30. The van der Waals surface area contributed by atoms with Crippen LogP contribution in [-0.2, 0) is 10.0 Å². The van der Waals surface area contributed by atoms with E-state index in [0.29, 0.717) is 19.0 Å². The molecule has 0 bridgehead atoms. The predicted molar refractivity (Wildman–Crippen MR) is 86.9 cm³/mol. The standard InChI is InChI=1S/C15H23ClN2O2S/c1-11-5-3-7-13(15(11)16)14(17)9-12-6-4-8-18(10-12)21(2,19)20/h3,5,7,12,14H,4,6,8-10,17H2,1-2H3. The first-order valence-electron chi connectivity index (χ1n) is 7.24. The molecule has 0 aromatic heterocycles. The molecule has 2 unspecified atom stereocenters. The minimum Gasteiger partial charge on any atom is -0.324 e. The number of halogens is 1. The molecule has 1 fully saturated rings. The maximum atomic E-state index is 11.7. The van der Waals surface area contributed by atoms with E-state index in [0.717, 1.165) is 35.4 Å². The van der Waals surface area contributed by atoms with Crippen LogP contribution >= 0.6 is 11.6 Å². The topological polar surface area (TPSA) is 63.4 Å². The fourth-order valence-electron chi connectivity index (χ4n) is 2.96. The first kappa shape index (κ1) is 16.7. The lowest BCUT2D eigenvalue weighted by molar-refractivity contribution is 0.247. The maximum Gasteiger partial charge on any atom is 0.211 e. The van der Waals surface area contributed by atoms with Gasteiger partial charge >= 0.3 is 0 Å². The van der Waals surface area contributed by atoms with Gasteiger partial charge in [-0.1, -0.05) is 29.8 Å². The smallest absolute Gasteiger partial charge is 0.211 e. The summed E-state index contributed by atoms with van der Waals surface area (Å²) in [5, 5.41) is 0.723. The van der Waals surface area contributed by atoms with Gasteiger partial charge in [0.1, 0.15) is 0 Å². The van der Waals surface area contributed by atoms with E-state index in [1.54, 1.807) is 4.31 Å². The molecular formula is C15H23ClN2O2S. The summed E-state index contributed by atoms with van der Waals surface area (Å²) in [7, 11) is -3.11. The molecule has 1 aromatic carbocycles. The minimum atomic E-state index is -3.11. The molecule has 21 heavy (non-hydrogen) atoms. The molecule has 118 valence electrons. The Hall–Kier alpha value is -0.620. The summed E-state index contributed by atoms with van der Waals surface area (Å²) in [6.07, 6.45) is 3.94. The average molecular weight is 331 g/mol. The lowest BCUT2D eigenvalue weighted by Gasteiger charge is -2.32. The highest BCUT2D eigenvalue weighted by molar-refractivity contribution is 7.88. The SMILES string of the molecule is Cc1cccc(C(N)CC2CCCN(S(C)(=O)=O)C2)c1Cl. The lowest BCUT2D eigenvalue weighted by atomic mass is 9.89. The molecule has 6 heteroatoms. The predicted octanol–water partition coefficient (Wildman–Crippen LogP) is 2.71. The summed E-state index contributed by atoms with van der Waals surface area (Å²) >= 11 is 6.32. The van der Waals surface area contributed by atoms with Gasteiger partial charge in [0.2, 0.25) is 10.0 Å². The van der Waals surface area contributed by atoms with Crippen molar-refractivity contribution in [3.8, 4) is 0 Å². The largest absolute Gasteiger partial charge is 0.324 e. The number of hydrogen-bond donors (Lipinski definition) is 1. The monoisotopic (exact) mass is 330 g/mol. The second-order valence-corrected chi connectivity index (χ2v) is 8.31. The van der Waals surface area contributed by atoms with Gasteiger partial charge in [0, 0.05) is 24.2 Å². The first-order chi connectivity index (χ1) is 9.79. The van der Waals surface area contributed by atoms with Crippen LogP contribution in [0.25, 0.3) is 0 Å². The molecule has 2 rings (SSSR count). The molecule has 0 amide bonds. The Balaban J connectivity index is 2.06. The van der Waals surface area contributed by atoms with Crippen LogP contribution in [0.5, 0.6) is 0 Å². The summed E-state index contributed by atoms with van der Waals surface area (Å²) in [4.78, 5) is 0. The van der Waals surface area contributed by atoms with Gasteiger partial charge in [0.05, 0.1) is 6.26 Å². The third-order valence-corrected chi connectivity index (χ3v) is 5.95. The number of hydrogen-bond acceptors (Lipinski definition) is 3. The van der Waals surface area contributed by atoms with Crippen molar-refractivity contribution in [2.75, 3.05) is 19.3 Å². The Labute approximate surface area is 132 Å². The van der Waals surface area contributed by atoms with Gasteiger partial charge < -0.3 is 5.73 Å². The number of sulfonamides is 1. The van der Waals surface area contributed by atoms with Crippen molar-refractivity contribution in [3.05, 3.63) is 34.3 Å². The third kappa shape index (κ3) is 4.19. The number of nitrogens with two attached hydrogens (primary N) is 1. The zero-order chi connectivity index (χ0) is 15.6. The van der Waals surface area contributed by atoms with E-state index in [9.17, 15) is 8.42 Å². The third-order valence-electron chi connectivity index (χ3n) is 4.16. The summed E-state index contributed by atoms with van der Waals surface area (Å²) in [6.45, 7) is 3.15. The second-order valence-electron chi connectivity index (χ2n) is 5.95. The van der Waals surface area contributed by atoms with Crippen molar-refractivity contribution in [2.45, 2.75) is 32.2 Å². The van der Waals surface area contributed by atoms with Crippen molar-refractivity contribution < 1.29 is 8.42 Å². The van der Waals surface area contributed by atoms with Crippen molar-refractivity contribution in [3.63, 3.8) is 0 Å². The van der Waals surface area contributed by atoms with Crippen molar-refractivity contribution in [1.29, 1.82) is 0 Å². The number of rotatable bonds is 4. The molecule has 0 aliphatic carbocycles. The molecular weight excluding hydrogens is 308 g/mol. The van der Waals surface area contributed by atoms with Crippen LogP contribution in [0.4, 0.5) is 0 Å². The number of piperidine rings is 1. The minimum absolute atomic E-state index is 0.151. The zero-order valence-electron chi connectivity index (χ0n) is 12.5. The number of aryl methyl sites for hydroxylation is 1. The Morgan fingerprint density at radius 3 is 2.86 bits per heavy atom. The van der Waals surface area contributed by atoms with Crippen molar-refractivity contribution >= 4 is 21.6 Å². The molecule has 2 atom stereocenters. The van der Waals surface area contributed by atoms with Crippen LogP contribution in [0, 0.1) is 12.8 Å². The van der Waals surface area contributed by atoms with Gasteiger partial charge in [-0.2, -0.15) is 0 Å². The van der Waals surface area contributed by atoms with Crippen molar-refractivity contribution in [2.24, 2.45) is 11.7 Å². The van der Waals surface area contributed by atoms with Crippen LogP contribution in [-0.4, -0.2) is 32.1 Å². The van der Waals surface area contributed by atoms with E-state index in [2.05, 4.69) is 0 Å². The molecule has 2 N–H and O–H groups in total. The van der Waals surface area contributed by atoms with E-state index in [-0.39, 0.29) is 6.04 Å². The lowest BCUT2D eigenvalue weighted by Crippen LogP contribution is -2.40. The Morgan fingerprint density at radius 1 is 1.48 bits per heavy atom. The number of benzene rings is 1. The highest BCUT2D eigenvalue weighted by atomic mass is 35.5. The highest BCUT2D eigenvalue weighted by Gasteiger charge is 2.27. The van der Waals surface area contributed by atoms with E-state index in [1.807, 2.05) is 25.1 Å². The van der Waals surface area contributed by atoms with Crippen LogP contribution in [0.3, 0.4) is 0 Å². The fraction of sp³-hybridized carbons (Fsp3) is 0.600. The molecule has 1 aromatic rings. The van der Waals surface area contributed by atoms with E-state index in [1.165, 1.54) is 6.26 Å². The fourth-order valence-corrected chi connectivity index (χ4v) is 4.17. The average Bonchev–Trinajstić information content (AvgIpc) is 2.41. The highest BCUT2D eigenvalue weighted by Crippen LogP contribution is 2.31. The summed E-state index contributed by atoms with van der Waals surface area (Å²) in [5.41, 5.74) is 8.27. The normalized spacial score (nSPS) is 22.2. The maximum absolute atomic E-state index is 11.7. The quantitative estimate of drug-likeness (QED) is 0.923. The number of nitrogens with zero attached hydrogens (tertiary/aromatic N) is 1. The summed E-state index contributed by atoms with van der Waals surface area (Å²) < 4.78 is 24.9. The molecule has 0 radical (unpaired) electrons. The molecule has 1 aliphatic rings. The van der Waals surface area contributed by atoms with E-state index >= 15 is 0 Å². The molecule has 1 heterocycles. The molecule has 4 nitrogen and oxygen atoms in total. The Morgan fingerprint density at radius 2 is 2.19 bits per heavy atom. The van der Waals surface area contributed by atoms with Crippen LogP contribution in [0.1, 0.15) is 36.4 Å². The molecule has 0 spiro atoms. The van der Waals surface area contributed by atoms with Gasteiger partial charge in [-0.3, -0.25) is 0 Å². The Bertz CT molecular complexity index is 604. The van der Waals surface area contributed by atoms with Gasteiger partial charge in [0.25, 0.3) is 0 Å². The molecule has 0 saturated carbocycles. The first-order valence-corrected chi connectivity index (χ1v) is 9.47. The van der Waals surface area contributed by atoms with Gasteiger partial charge in [-0.25, -0.2) is 12.7 Å². The van der Waals surface area contributed by atoms with Crippen LogP contribution < -0.4 is 5.73 Å². The van der Waals surface area contributed by atoms with Crippen LogP contribution in [0.2, 0.25) is 5.02 Å². The van der Waals surface area contributed by atoms with Gasteiger partial charge in [-0.05, 0) is 43.2 Å². The summed E-state index contributed by atoms with van der Waals surface area (Å²) in [5.74, 6) is 0.292. The van der Waals surface area contributed by atoms with E-state index in [4.69, 9.17) is 17.3 Å². The molecule has 1 aliphatic heterocycles. The second kappa shape index (κ2) is 6.65. The van der Waals surface area contributed by atoms with E-state index < -0.39 is 10.0 Å². The van der Waals surface area contributed by atoms with Gasteiger partial charge in [0.15, 0.2) is 0 Å². The van der Waals surface area contributed by atoms with Crippen LogP contribution in [0.15, 0.2) is 18.2 Å². The zero-order valence-corrected chi connectivity index (χ0v) is 14.1.